The van der Waals surface area contributed by atoms with Crippen LogP contribution in [0, 0.1) is 20.8 Å². The van der Waals surface area contributed by atoms with E-state index in [-0.39, 0.29) is 11.9 Å². The first-order chi connectivity index (χ1) is 13.4. The molecule has 0 radical (unpaired) electrons. The normalized spacial score (nSPS) is 10.4. The van der Waals surface area contributed by atoms with Crippen molar-refractivity contribution in [3.63, 3.8) is 0 Å². The highest BCUT2D eigenvalue weighted by Crippen LogP contribution is 2.24. The van der Waals surface area contributed by atoms with Crippen molar-refractivity contribution in [2.24, 2.45) is 0 Å². The third kappa shape index (κ3) is 3.91. The molecule has 2 aromatic carbocycles. The fourth-order valence-electron chi connectivity index (χ4n) is 3.21. The second kappa shape index (κ2) is 8.00. The quantitative estimate of drug-likeness (QED) is 0.631. The molecule has 3 amide bonds. The van der Waals surface area contributed by atoms with Crippen molar-refractivity contribution >= 4 is 23.3 Å². The number of benzene rings is 2. The maximum Gasteiger partial charge on any atom is 0.318 e. The molecule has 3 aromatic rings. The van der Waals surface area contributed by atoms with Crippen molar-refractivity contribution in [1.82, 2.24) is 9.88 Å². The Balaban J connectivity index is 1.81. The van der Waals surface area contributed by atoms with Gasteiger partial charge in [0.25, 0.3) is 5.91 Å². The zero-order valence-electron chi connectivity index (χ0n) is 16.5. The molecule has 0 saturated heterocycles. The lowest BCUT2D eigenvalue weighted by Gasteiger charge is -2.13. The third-order valence-electron chi connectivity index (χ3n) is 4.66. The van der Waals surface area contributed by atoms with Gasteiger partial charge in [-0.3, -0.25) is 4.79 Å². The average molecular weight is 376 g/mol. The largest absolute Gasteiger partial charge is 0.341 e. The molecule has 0 aliphatic carbocycles. The van der Waals surface area contributed by atoms with Gasteiger partial charge in [0, 0.05) is 35.5 Å². The molecule has 0 saturated carbocycles. The number of aromatic nitrogens is 1. The second-order valence-corrected chi connectivity index (χ2v) is 6.64. The van der Waals surface area contributed by atoms with E-state index in [9.17, 15) is 9.59 Å². The summed E-state index contributed by atoms with van der Waals surface area (Å²) in [5.41, 5.74) is 6.05. The Morgan fingerprint density at radius 2 is 1.46 bits per heavy atom. The van der Waals surface area contributed by atoms with Crippen LogP contribution in [0.25, 0.3) is 5.69 Å². The fourth-order valence-corrected chi connectivity index (χ4v) is 3.21. The summed E-state index contributed by atoms with van der Waals surface area (Å²) in [6.07, 6.45) is 0. The van der Waals surface area contributed by atoms with E-state index < -0.39 is 0 Å². The van der Waals surface area contributed by atoms with Gasteiger partial charge < -0.3 is 20.5 Å². The standard InChI is InChI=1S/C22H24N4O2/c1-14-7-5-6-8-20(14)26-15(2)13-19(16(26)3)21(27)24-17-9-11-18(12-10-17)25-22(28)23-4/h5-13H,1-4H3,(H,24,27)(H2,23,25,28). The molecule has 0 spiro atoms. The van der Waals surface area contributed by atoms with Crippen LogP contribution < -0.4 is 16.0 Å². The van der Waals surface area contributed by atoms with Gasteiger partial charge in [0.1, 0.15) is 0 Å². The Morgan fingerprint density at radius 3 is 2.07 bits per heavy atom. The Hall–Kier alpha value is -3.54. The number of amides is 3. The van der Waals surface area contributed by atoms with Crippen LogP contribution in [0.1, 0.15) is 27.3 Å². The van der Waals surface area contributed by atoms with Crippen molar-refractivity contribution < 1.29 is 9.59 Å². The van der Waals surface area contributed by atoms with E-state index in [1.165, 1.54) is 0 Å². The van der Waals surface area contributed by atoms with Crippen LogP contribution in [0.4, 0.5) is 16.2 Å². The first-order valence-electron chi connectivity index (χ1n) is 9.06. The minimum absolute atomic E-state index is 0.167. The molecule has 6 heteroatoms. The topological polar surface area (TPSA) is 75.2 Å². The number of carbonyl (C=O) groups is 2. The molecule has 3 N–H and O–H groups in total. The van der Waals surface area contributed by atoms with E-state index >= 15 is 0 Å². The van der Waals surface area contributed by atoms with Gasteiger partial charge >= 0.3 is 6.03 Å². The Labute approximate surface area is 164 Å². The third-order valence-corrected chi connectivity index (χ3v) is 4.66. The van der Waals surface area contributed by atoms with Crippen molar-refractivity contribution in [3.8, 4) is 5.69 Å². The molecular formula is C22H24N4O2. The van der Waals surface area contributed by atoms with E-state index in [2.05, 4.69) is 39.6 Å². The van der Waals surface area contributed by atoms with Gasteiger partial charge in [-0.2, -0.15) is 0 Å². The lowest BCUT2D eigenvalue weighted by atomic mass is 10.2. The van der Waals surface area contributed by atoms with Gasteiger partial charge in [0.15, 0.2) is 0 Å². The van der Waals surface area contributed by atoms with Crippen molar-refractivity contribution in [3.05, 3.63) is 77.1 Å². The van der Waals surface area contributed by atoms with Crippen LogP contribution in [-0.2, 0) is 0 Å². The second-order valence-electron chi connectivity index (χ2n) is 6.64. The number of urea groups is 1. The number of carbonyl (C=O) groups excluding carboxylic acids is 2. The summed E-state index contributed by atoms with van der Waals surface area (Å²) in [7, 11) is 1.55. The number of anilines is 2. The van der Waals surface area contributed by atoms with E-state index in [0.29, 0.717) is 16.9 Å². The predicted molar refractivity (Wildman–Crippen MR) is 112 cm³/mol. The van der Waals surface area contributed by atoms with Crippen LogP contribution in [0.5, 0.6) is 0 Å². The molecule has 28 heavy (non-hydrogen) atoms. The van der Waals surface area contributed by atoms with Crippen LogP contribution in [0.3, 0.4) is 0 Å². The first-order valence-corrected chi connectivity index (χ1v) is 9.06. The smallest absolute Gasteiger partial charge is 0.318 e. The zero-order chi connectivity index (χ0) is 20.3. The van der Waals surface area contributed by atoms with E-state index in [1.807, 2.05) is 32.0 Å². The molecule has 0 aliphatic rings. The van der Waals surface area contributed by atoms with Crippen molar-refractivity contribution in [1.29, 1.82) is 0 Å². The number of hydrogen-bond donors (Lipinski definition) is 3. The van der Waals surface area contributed by atoms with E-state index in [1.54, 1.807) is 31.3 Å². The number of aryl methyl sites for hydroxylation is 2. The summed E-state index contributed by atoms with van der Waals surface area (Å²) in [6.45, 7) is 6.00. The van der Waals surface area contributed by atoms with Gasteiger partial charge in [-0.05, 0) is 62.7 Å². The van der Waals surface area contributed by atoms with Gasteiger partial charge in [0.05, 0.1) is 5.56 Å². The molecule has 6 nitrogen and oxygen atoms in total. The van der Waals surface area contributed by atoms with Crippen molar-refractivity contribution in [2.75, 3.05) is 17.7 Å². The van der Waals surface area contributed by atoms with Crippen LogP contribution in [0.2, 0.25) is 0 Å². The van der Waals surface area contributed by atoms with Crippen LogP contribution in [-0.4, -0.2) is 23.6 Å². The Bertz CT molecular complexity index is 1020. The van der Waals surface area contributed by atoms with Gasteiger partial charge in [-0.1, -0.05) is 18.2 Å². The number of nitrogens with zero attached hydrogens (tertiary/aromatic N) is 1. The Morgan fingerprint density at radius 1 is 0.857 bits per heavy atom. The molecule has 0 fully saturated rings. The van der Waals surface area contributed by atoms with Crippen LogP contribution >= 0.6 is 0 Å². The SMILES string of the molecule is CNC(=O)Nc1ccc(NC(=O)c2cc(C)n(-c3ccccc3C)c2C)cc1. The number of rotatable bonds is 4. The highest BCUT2D eigenvalue weighted by atomic mass is 16.2. The highest BCUT2D eigenvalue weighted by molar-refractivity contribution is 6.05. The van der Waals surface area contributed by atoms with Crippen molar-refractivity contribution in [2.45, 2.75) is 20.8 Å². The average Bonchev–Trinajstić information content (AvgIpc) is 2.98. The molecule has 3 rings (SSSR count). The number of para-hydroxylation sites is 1. The van der Waals surface area contributed by atoms with E-state index in [0.717, 1.165) is 22.6 Å². The summed E-state index contributed by atoms with van der Waals surface area (Å²) in [6, 6.07) is 16.7. The molecule has 0 bridgehead atoms. The predicted octanol–water partition coefficient (Wildman–Crippen LogP) is 4.41. The molecule has 1 heterocycles. The summed E-state index contributed by atoms with van der Waals surface area (Å²) in [5, 5.41) is 8.09. The summed E-state index contributed by atoms with van der Waals surface area (Å²) < 4.78 is 2.10. The summed E-state index contributed by atoms with van der Waals surface area (Å²) in [5.74, 6) is -0.167. The number of hydrogen-bond acceptors (Lipinski definition) is 2. The lowest BCUT2D eigenvalue weighted by Crippen LogP contribution is -2.24. The molecule has 0 atom stereocenters. The maximum atomic E-state index is 12.8. The highest BCUT2D eigenvalue weighted by Gasteiger charge is 2.17. The van der Waals surface area contributed by atoms with Gasteiger partial charge in [-0.15, -0.1) is 0 Å². The first kappa shape index (κ1) is 19.2. The molecule has 0 unspecified atom stereocenters. The molecule has 1 aromatic heterocycles. The van der Waals surface area contributed by atoms with Gasteiger partial charge in [0.2, 0.25) is 0 Å². The molecular weight excluding hydrogens is 352 g/mol. The molecule has 0 aliphatic heterocycles. The zero-order valence-corrected chi connectivity index (χ0v) is 16.5. The maximum absolute atomic E-state index is 12.8. The summed E-state index contributed by atoms with van der Waals surface area (Å²) >= 11 is 0. The minimum Gasteiger partial charge on any atom is -0.341 e. The minimum atomic E-state index is -0.291. The summed E-state index contributed by atoms with van der Waals surface area (Å²) in [4.78, 5) is 24.2. The Kier molecular flexibility index (Phi) is 5.49. The molecule has 144 valence electrons. The number of nitrogens with one attached hydrogen (secondary N) is 3. The fraction of sp³-hybridized carbons (Fsp3) is 0.182. The monoisotopic (exact) mass is 376 g/mol. The van der Waals surface area contributed by atoms with Gasteiger partial charge in [-0.25, -0.2) is 4.79 Å². The van der Waals surface area contributed by atoms with E-state index in [4.69, 9.17) is 0 Å². The van der Waals surface area contributed by atoms with Crippen LogP contribution in [0.15, 0.2) is 54.6 Å². The lowest BCUT2D eigenvalue weighted by molar-refractivity contribution is 0.102.